The maximum Gasteiger partial charge on any atom is 0.0477 e. The molecule has 1 aliphatic heterocycles. The molecule has 0 spiro atoms. The van der Waals surface area contributed by atoms with Gasteiger partial charge in [-0.25, -0.2) is 0 Å². The average molecular weight is 248 g/mol. The molecule has 0 radical (unpaired) electrons. The molecule has 2 N–H and O–H groups in total. The van der Waals surface area contributed by atoms with Gasteiger partial charge in [0.15, 0.2) is 0 Å². The van der Waals surface area contributed by atoms with Gasteiger partial charge in [-0.05, 0) is 24.8 Å². The van der Waals surface area contributed by atoms with Gasteiger partial charge in [0, 0.05) is 38.9 Å². The molecule has 3 nitrogen and oxygen atoms in total. The second-order valence-electron chi connectivity index (χ2n) is 5.18. The van der Waals surface area contributed by atoms with E-state index in [1.807, 2.05) is 0 Å². The SMILES string of the molecule is COCCC1CC(N)CCN1Cc1ccccc1. The number of hydrogen-bond acceptors (Lipinski definition) is 3. The van der Waals surface area contributed by atoms with Gasteiger partial charge >= 0.3 is 0 Å². The number of methoxy groups -OCH3 is 1. The molecule has 1 heterocycles. The number of nitrogens with zero attached hydrogens (tertiary/aromatic N) is 1. The van der Waals surface area contributed by atoms with Crippen LogP contribution in [0.25, 0.3) is 0 Å². The summed E-state index contributed by atoms with van der Waals surface area (Å²) >= 11 is 0. The van der Waals surface area contributed by atoms with E-state index in [0.717, 1.165) is 39.0 Å². The van der Waals surface area contributed by atoms with Crippen molar-refractivity contribution in [2.75, 3.05) is 20.3 Å². The quantitative estimate of drug-likeness (QED) is 0.866. The Morgan fingerprint density at radius 1 is 1.33 bits per heavy atom. The molecule has 0 amide bonds. The first kappa shape index (κ1) is 13.5. The zero-order chi connectivity index (χ0) is 12.8. The van der Waals surface area contributed by atoms with Crippen molar-refractivity contribution < 1.29 is 4.74 Å². The molecule has 2 rings (SSSR count). The van der Waals surface area contributed by atoms with Gasteiger partial charge in [-0.2, -0.15) is 0 Å². The van der Waals surface area contributed by atoms with E-state index in [9.17, 15) is 0 Å². The second-order valence-corrected chi connectivity index (χ2v) is 5.18. The summed E-state index contributed by atoms with van der Waals surface area (Å²) in [7, 11) is 1.77. The zero-order valence-electron chi connectivity index (χ0n) is 11.2. The number of rotatable bonds is 5. The third kappa shape index (κ3) is 3.80. The number of piperidine rings is 1. The predicted octanol–water partition coefficient (Wildman–Crippen LogP) is 2.01. The van der Waals surface area contributed by atoms with E-state index in [1.165, 1.54) is 5.56 Å². The van der Waals surface area contributed by atoms with Crippen molar-refractivity contribution in [2.45, 2.75) is 37.9 Å². The summed E-state index contributed by atoms with van der Waals surface area (Å²) < 4.78 is 5.21. The van der Waals surface area contributed by atoms with Crippen molar-refractivity contribution in [1.82, 2.24) is 4.90 Å². The van der Waals surface area contributed by atoms with Crippen molar-refractivity contribution in [3.05, 3.63) is 35.9 Å². The summed E-state index contributed by atoms with van der Waals surface area (Å²) in [5.74, 6) is 0. The van der Waals surface area contributed by atoms with Crippen LogP contribution in [-0.2, 0) is 11.3 Å². The Morgan fingerprint density at radius 3 is 2.83 bits per heavy atom. The molecule has 1 aliphatic rings. The minimum atomic E-state index is 0.360. The summed E-state index contributed by atoms with van der Waals surface area (Å²) in [6, 6.07) is 11.6. The molecule has 0 aliphatic carbocycles. The van der Waals surface area contributed by atoms with Gasteiger partial charge in [-0.1, -0.05) is 30.3 Å². The molecule has 0 aromatic heterocycles. The third-order valence-electron chi connectivity index (χ3n) is 3.76. The monoisotopic (exact) mass is 248 g/mol. The van der Waals surface area contributed by atoms with Crippen LogP contribution >= 0.6 is 0 Å². The van der Waals surface area contributed by atoms with Crippen LogP contribution in [0.3, 0.4) is 0 Å². The molecule has 18 heavy (non-hydrogen) atoms. The Balaban J connectivity index is 1.95. The standard InChI is InChI=1S/C15H24N2O/c1-18-10-8-15-11-14(16)7-9-17(15)12-13-5-3-2-4-6-13/h2-6,14-15H,7-12,16H2,1H3. The first-order valence-electron chi connectivity index (χ1n) is 6.82. The van der Waals surface area contributed by atoms with Crippen LogP contribution in [0, 0.1) is 0 Å². The van der Waals surface area contributed by atoms with E-state index in [-0.39, 0.29) is 0 Å². The highest BCUT2D eigenvalue weighted by molar-refractivity contribution is 5.14. The topological polar surface area (TPSA) is 38.5 Å². The summed E-state index contributed by atoms with van der Waals surface area (Å²) in [5, 5.41) is 0. The lowest BCUT2D eigenvalue weighted by molar-refractivity contribution is 0.0897. The highest BCUT2D eigenvalue weighted by Gasteiger charge is 2.26. The van der Waals surface area contributed by atoms with Crippen molar-refractivity contribution >= 4 is 0 Å². The van der Waals surface area contributed by atoms with Crippen LogP contribution < -0.4 is 5.73 Å². The van der Waals surface area contributed by atoms with Crippen LogP contribution in [-0.4, -0.2) is 37.2 Å². The third-order valence-corrected chi connectivity index (χ3v) is 3.76. The van der Waals surface area contributed by atoms with Crippen LogP contribution in [0.15, 0.2) is 30.3 Å². The normalized spacial score (nSPS) is 25.2. The van der Waals surface area contributed by atoms with Gasteiger partial charge in [0.25, 0.3) is 0 Å². The number of ether oxygens (including phenoxy) is 1. The second kappa shape index (κ2) is 6.88. The lowest BCUT2D eigenvalue weighted by Gasteiger charge is -2.38. The zero-order valence-corrected chi connectivity index (χ0v) is 11.2. The molecule has 3 heteroatoms. The van der Waals surface area contributed by atoms with E-state index in [4.69, 9.17) is 10.5 Å². The summed E-state index contributed by atoms with van der Waals surface area (Å²) in [6.45, 7) is 2.95. The highest BCUT2D eigenvalue weighted by atomic mass is 16.5. The summed E-state index contributed by atoms with van der Waals surface area (Å²) in [6.07, 6.45) is 3.28. The van der Waals surface area contributed by atoms with E-state index in [2.05, 4.69) is 35.2 Å². The molecule has 0 bridgehead atoms. The highest BCUT2D eigenvalue weighted by Crippen LogP contribution is 2.21. The molecular weight excluding hydrogens is 224 g/mol. The molecule has 1 aromatic rings. The molecule has 1 aromatic carbocycles. The van der Waals surface area contributed by atoms with Crippen molar-refractivity contribution in [3.8, 4) is 0 Å². The largest absolute Gasteiger partial charge is 0.385 e. The predicted molar refractivity (Wildman–Crippen MR) is 74.3 cm³/mol. The van der Waals surface area contributed by atoms with Gasteiger partial charge in [-0.15, -0.1) is 0 Å². The van der Waals surface area contributed by atoms with E-state index in [0.29, 0.717) is 12.1 Å². The van der Waals surface area contributed by atoms with Gasteiger partial charge in [0.05, 0.1) is 0 Å². The first-order valence-corrected chi connectivity index (χ1v) is 6.82. The molecular formula is C15H24N2O. The maximum atomic E-state index is 6.08. The number of likely N-dealkylation sites (tertiary alicyclic amines) is 1. The van der Waals surface area contributed by atoms with E-state index < -0.39 is 0 Å². The van der Waals surface area contributed by atoms with Crippen LogP contribution in [0.5, 0.6) is 0 Å². The molecule has 2 unspecified atom stereocenters. The van der Waals surface area contributed by atoms with Crippen LogP contribution in [0.1, 0.15) is 24.8 Å². The molecule has 2 atom stereocenters. The summed E-state index contributed by atoms with van der Waals surface area (Å²) in [4.78, 5) is 2.55. The van der Waals surface area contributed by atoms with Gasteiger partial charge in [0.2, 0.25) is 0 Å². The maximum absolute atomic E-state index is 6.08. The Labute approximate surface area is 110 Å². The van der Waals surface area contributed by atoms with Gasteiger partial charge in [-0.3, -0.25) is 4.90 Å². The van der Waals surface area contributed by atoms with Gasteiger partial charge in [0.1, 0.15) is 0 Å². The molecule has 1 fully saturated rings. The van der Waals surface area contributed by atoms with Crippen molar-refractivity contribution in [3.63, 3.8) is 0 Å². The number of nitrogens with two attached hydrogens (primary N) is 1. The fourth-order valence-electron chi connectivity index (χ4n) is 2.71. The van der Waals surface area contributed by atoms with Crippen molar-refractivity contribution in [1.29, 1.82) is 0 Å². The number of benzene rings is 1. The van der Waals surface area contributed by atoms with Crippen molar-refractivity contribution in [2.24, 2.45) is 5.73 Å². The van der Waals surface area contributed by atoms with Gasteiger partial charge < -0.3 is 10.5 Å². The van der Waals surface area contributed by atoms with E-state index in [1.54, 1.807) is 7.11 Å². The minimum Gasteiger partial charge on any atom is -0.385 e. The van der Waals surface area contributed by atoms with E-state index >= 15 is 0 Å². The first-order chi connectivity index (χ1) is 8.79. The van der Waals surface area contributed by atoms with Crippen LogP contribution in [0.4, 0.5) is 0 Å². The molecule has 1 saturated heterocycles. The molecule has 0 saturated carbocycles. The Bertz CT molecular complexity index is 342. The van der Waals surface area contributed by atoms with Crippen LogP contribution in [0.2, 0.25) is 0 Å². The smallest absolute Gasteiger partial charge is 0.0477 e. The average Bonchev–Trinajstić information content (AvgIpc) is 2.40. The summed E-state index contributed by atoms with van der Waals surface area (Å²) in [5.41, 5.74) is 7.47. The Hall–Kier alpha value is -0.900. The minimum absolute atomic E-state index is 0.360. The lowest BCUT2D eigenvalue weighted by atomic mass is 9.95. The fourth-order valence-corrected chi connectivity index (χ4v) is 2.71. The number of hydrogen-bond donors (Lipinski definition) is 1. The Morgan fingerprint density at radius 2 is 2.11 bits per heavy atom. The fraction of sp³-hybridized carbons (Fsp3) is 0.600. The molecule has 100 valence electrons. The lowest BCUT2D eigenvalue weighted by Crippen LogP contribution is -2.46. The Kier molecular flexibility index (Phi) is 5.17.